The van der Waals surface area contributed by atoms with Crippen molar-refractivity contribution < 1.29 is 9.53 Å². The fraction of sp³-hybridized carbons (Fsp3) is 0.286. The highest BCUT2D eigenvalue weighted by molar-refractivity contribution is 7.14. The van der Waals surface area contributed by atoms with Gasteiger partial charge in [-0.3, -0.25) is 5.32 Å². The number of hydrogen-bond donors (Lipinski definition) is 1. The number of thiophene rings is 1. The number of likely N-dealkylation sites (tertiary alicyclic amines) is 1. The topological polar surface area (TPSA) is 54.5 Å². The average Bonchev–Trinajstić information content (AvgIpc) is 2.86. The first-order valence-corrected chi connectivity index (χ1v) is 7.28. The van der Waals surface area contributed by atoms with E-state index in [-0.39, 0.29) is 12.1 Å². The SMILES string of the molecule is Cc1cccc(OC2CN(C(=O)Nc3cccs3)C2)n1. The van der Waals surface area contributed by atoms with Crippen LogP contribution in [0.15, 0.2) is 35.7 Å². The summed E-state index contributed by atoms with van der Waals surface area (Å²) in [5.41, 5.74) is 0.925. The second-order valence-corrected chi connectivity index (χ2v) is 5.62. The summed E-state index contributed by atoms with van der Waals surface area (Å²) < 4.78 is 5.72. The molecule has 1 aliphatic heterocycles. The van der Waals surface area contributed by atoms with Crippen molar-refractivity contribution >= 4 is 22.4 Å². The lowest BCUT2D eigenvalue weighted by atomic mass is 10.2. The number of pyridine rings is 1. The van der Waals surface area contributed by atoms with Gasteiger partial charge in [0.2, 0.25) is 5.88 Å². The second kappa shape index (κ2) is 5.50. The van der Waals surface area contributed by atoms with E-state index in [0.29, 0.717) is 19.0 Å². The Morgan fingerprint density at radius 3 is 2.95 bits per heavy atom. The summed E-state index contributed by atoms with van der Waals surface area (Å²) in [5, 5.41) is 5.64. The van der Waals surface area contributed by atoms with Crippen molar-refractivity contribution in [3.63, 3.8) is 0 Å². The van der Waals surface area contributed by atoms with E-state index in [2.05, 4.69) is 10.3 Å². The Labute approximate surface area is 121 Å². The highest BCUT2D eigenvalue weighted by atomic mass is 32.1. The molecule has 0 atom stereocenters. The van der Waals surface area contributed by atoms with Crippen LogP contribution in [0.5, 0.6) is 5.88 Å². The first kappa shape index (κ1) is 12.9. The van der Waals surface area contributed by atoms with E-state index in [9.17, 15) is 4.79 Å². The van der Waals surface area contributed by atoms with Crippen LogP contribution in [-0.2, 0) is 0 Å². The van der Waals surface area contributed by atoms with Crippen LogP contribution in [0.2, 0.25) is 0 Å². The molecule has 104 valence electrons. The third-order valence-electron chi connectivity index (χ3n) is 3.04. The van der Waals surface area contributed by atoms with Crippen molar-refractivity contribution in [3.8, 4) is 5.88 Å². The number of aromatic nitrogens is 1. The summed E-state index contributed by atoms with van der Waals surface area (Å²) in [6.07, 6.45) is 0.0263. The molecule has 20 heavy (non-hydrogen) atoms. The summed E-state index contributed by atoms with van der Waals surface area (Å²) in [6.45, 7) is 3.11. The molecule has 3 heterocycles. The van der Waals surface area contributed by atoms with Gasteiger partial charge in [-0.2, -0.15) is 0 Å². The maximum atomic E-state index is 11.9. The van der Waals surface area contributed by atoms with E-state index in [1.807, 2.05) is 42.6 Å². The number of nitrogens with zero attached hydrogens (tertiary/aromatic N) is 2. The summed E-state index contributed by atoms with van der Waals surface area (Å²) >= 11 is 1.51. The number of rotatable bonds is 3. The van der Waals surface area contributed by atoms with Crippen LogP contribution in [0.4, 0.5) is 9.80 Å². The number of ether oxygens (including phenoxy) is 1. The van der Waals surface area contributed by atoms with E-state index in [0.717, 1.165) is 10.7 Å². The molecule has 1 saturated heterocycles. The Kier molecular flexibility index (Phi) is 3.56. The molecule has 2 aromatic heterocycles. The molecule has 1 fully saturated rings. The molecule has 0 spiro atoms. The number of anilines is 1. The van der Waals surface area contributed by atoms with Gasteiger partial charge in [-0.15, -0.1) is 11.3 Å². The first-order chi connectivity index (χ1) is 9.70. The molecule has 6 heteroatoms. The van der Waals surface area contributed by atoms with Crippen LogP contribution >= 0.6 is 11.3 Å². The van der Waals surface area contributed by atoms with Crippen molar-refractivity contribution in [3.05, 3.63) is 41.4 Å². The van der Waals surface area contributed by atoms with Crippen LogP contribution in [0, 0.1) is 6.92 Å². The lowest BCUT2D eigenvalue weighted by Crippen LogP contribution is -2.57. The molecule has 0 aliphatic carbocycles. The fourth-order valence-electron chi connectivity index (χ4n) is 1.97. The Bertz CT molecular complexity index is 594. The van der Waals surface area contributed by atoms with Gasteiger partial charge >= 0.3 is 6.03 Å². The van der Waals surface area contributed by atoms with Crippen LogP contribution in [-0.4, -0.2) is 35.1 Å². The monoisotopic (exact) mass is 289 g/mol. The van der Waals surface area contributed by atoms with Crippen molar-refractivity contribution in [1.82, 2.24) is 9.88 Å². The zero-order valence-electron chi connectivity index (χ0n) is 11.1. The second-order valence-electron chi connectivity index (χ2n) is 4.67. The third-order valence-corrected chi connectivity index (χ3v) is 3.82. The Balaban J connectivity index is 1.48. The first-order valence-electron chi connectivity index (χ1n) is 6.40. The predicted molar refractivity (Wildman–Crippen MR) is 78.3 cm³/mol. The predicted octanol–water partition coefficient (Wildman–Crippen LogP) is 2.75. The Hall–Kier alpha value is -2.08. The standard InChI is InChI=1S/C14H15N3O2S/c1-10-4-2-5-12(15-10)19-11-8-17(9-11)14(18)16-13-6-3-7-20-13/h2-7,11H,8-9H2,1H3,(H,16,18). The lowest BCUT2D eigenvalue weighted by Gasteiger charge is -2.38. The molecular formula is C14H15N3O2S. The Morgan fingerprint density at radius 1 is 1.40 bits per heavy atom. The van der Waals surface area contributed by atoms with Crippen molar-refractivity contribution in [2.45, 2.75) is 13.0 Å². The van der Waals surface area contributed by atoms with Gasteiger partial charge in [0.25, 0.3) is 0 Å². The summed E-state index contributed by atoms with van der Waals surface area (Å²) in [5.74, 6) is 0.619. The normalized spacial score (nSPS) is 14.8. The van der Waals surface area contributed by atoms with Gasteiger partial charge in [-0.25, -0.2) is 9.78 Å². The number of carbonyl (C=O) groups excluding carboxylic acids is 1. The largest absolute Gasteiger partial charge is 0.471 e. The maximum Gasteiger partial charge on any atom is 0.322 e. The minimum absolute atomic E-state index is 0.0263. The molecule has 5 nitrogen and oxygen atoms in total. The summed E-state index contributed by atoms with van der Waals surface area (Å²) in [7, 11) is 0. The molecule has 3 rings (SSSR count). The van der Waals surface area contributed by atoms with E-state index in [4.69, 9.17) is 4.74 Å². The fourth-order valence-corrected chi connectivity index (χ4v) is 2.57. The Morgan fingerprint density at radius 2 is 2.25 bits per heavy atom. The van der Waals surface area contributed by atoms with Gasteiger partial charge in [0, 0.05) is 11.8 Å². The van der Waals surface area contributed by atoms with E-state index >= 15 is 0 Å². The van der Waals surface area contributed by atoms with Gasteiger partial charge in [0.05, 0.1) is 18.1 Å². The van der Waals surface area contributed by atoms with E-state index in [1.54, 1.807) is 4.90 Å². The van der Waals surface area contributed by atoms with Crippen molar-refractivity contribution in [2.75, 3.05) is 18.4 Å². The minimum atomic E-state index is -0.0792. The highest BCUT2D eigenvalue weighted by Gasteiger charge is 2.32. The molecule has 0 aromatic carbocycles. The molecule has 0 radical (unpaired) electrons. The number of amides is 2. The smallest absolute Gasteiger partial charge is 0.322 e. The molecule has 0 bridgehead atoms. The number of aryl methyl sites for hydroxylation is 1. The number of carbonyl (C=O) groups is 1. The minimum Gasteiger partial charge on any atom is -0.471 e. The number of nitrogens with one attached hydrogen (secondary N) is 1. The lowest BCUT2D eigenvalue weighted by molar-refractivity contribution is 0.0460. The quantitative estimate of drug-likeness (QED) is 0.945. The molecular weight excluding hydrogens is 274 g/mol. The van der Waals surface area contributed by atoms with Crippen LogP contribution in [0.3, 0.4) is 0 Å². The zero-order valence-corrected chi connectivity index (χ0v) is 11.9. The number of hydrogen-bond acceptors (Lipinski definition) is 4. The van der Waals surface area contributed by atoms with Gasteiger partial charge in [-0.1, -0.05) is 6.07 Å². The summed E-state index contributed by atoms with van der Waals surface area (Å²) in [4.78, 5) is 17.9. The van der Waals surface area contributed by atoms with Gasteiger partial charge < -0.3 is 9.64 Å². The third kappa shape index (κ3) is 2.91. The van der Waals surface area contributed by atoms with Gasteiger partial charge in [-0.05, 0) is 30.5 Å². The average molecular weight is 289 g/mol. The highest BCUT2D eigenvalue weighted by Crippen LogP contribution is 2.20. The molecule has 0 unspecified atom stereocenters. The van der Waals surface area contributed by atoms with Gasteiger partial charge in [0.15, 0.2) is 0 Å². The van der Waals surface area contributed by atoms with Crippen molar-refractivity contribution in [2.24, 2.45) is 0 Å². The van der Waals surface area contributed by atoms with Crippen molar-refractivity contribution in [1.29, 1.82) is 0 Å². The molecule has 0 saturated carbocycles. The van der Waals surface area contributed by atoms with Crippen LogP contribution in [0.1, 0.15) is 5.69 Å². The molecule has 2 aromatic rings. The molecule has 1 N–H and O–H groups in total. The van der Waals surface area contributed by atoms with Crippen LogP contribution < -0.4 is 10.1 Å². The molecule has 2 amide bonds. The van der Waals surface area contributed by atoms with E-state index < -0.39 is 0 Å². The van der Waals surface area contributed by atoms with Gasteiger partial charge in [0.1, 0.15) is 6.10 Å². The molecule has 1 aliphatic rings. The van der Waals surface area contributed by atoms with E-state index in [1.165, 1.54) is 11.3 Å². The summed E-state index contributed by atoms with van der Waals surface area (Å²) in [6, 6.07) is 9.39. The van der Waals surface area contributed by atoms with Crippen LogP contribution in [0.25, 0.3) is 0 Å². The number of urea groups is 1. The zero-order chi connectivity index (χ0) is 13.9. The maximum absolute atomic E-state index is 11.9.